The zero-order valence-corrected chi connectivity index (χ0v) is 18.1. The topological polar surface area (TPSA) is 83.3 Å². The summed E-state index contributed by atoms with van der Waals surface area (Å²) in [5.41, 5.74) is 0.374. The third-order valence-corrected chi connectivity index (χ3v) is 6.67. The van der Waals surface area contributed by atoms with Crippen molar-refractivity contribution in [2.24, 2.45) is 5.92 Å². The van der Waals surface area contributed by atoms with Crippen LogP contribution in [0.1, 0.15) is 44.9 Å². The molecule has 6 nitrogen and oxygen atoms in total. The Morgan fingerprint density at radius 2 is 2.27 bits per heavy atom. The molecule has 8 heteroatoms. The SMILES string of the molecule is CCOC(=O)/C(C#N)=C(\C=C1/SCC(C)CN1C=O)c1cnc(C2(C)CC2)c(F)c1. The number of thioether (sulfide) groups is 1. The van der Waals surface area contributed by atoms with Crippen LogP contribution in [0.3, 0.4) is 0 Å². The molecule has 30 heavy (non-hydrogen) atoms. The van der Waals surface area contributed by atoms with Crippen molar-refractivity contribution in [1.82, 2.24) is 9.88 Å². The minimum atomic E-state index is -0.794. The molecule has 1 amide bonds. The summed E-state index contributed by atoms with van der Waals surface area (Å²) >= 11 is 1.45. The lowest BCUT2D eigenvalue weighted by atomic mass is 9.98. The van der Waals surface area contributed by atoms with Gasteiger partial charge in [-0.3, -0.25) is 9.78 Å². The first kappa shape index (κ1) is 22.0. The molecule has 0 bridgehead atoms. The van der Waals surface area contributed by atoms with Crippen LogP contribution in [0.2, 0.25) is 0 Å². The number of ether oxygens (including phenoxy) is 1. The van der Waals surface area contributed by atoms with Crippen molar-refractivity contribution in [2.75, 3.05) is 18.9 Å². The summed E-state index contributed by atoms with van der Waals surface area (Å²) in [6.45, 7) is 6.26. The smallest absolute Gasteiger partial charge is 0.349 e. The summed E-state index contributed by atoms with van der Waals surface area (Å²) < 4.78 is 19.9. The van der Waals surface area contributed by atoms with Crippen LogP contribution in [0.5, 0.6) is 0 Å². The normalized spacial score (nSPS) is 22.2. The zero-order chi connectivity index (χ0) is 21.9. The van der Waals surface area contributed by atoms with Crippen LogP contribution in [0.15, 0.2) is 28.9 Å². The summed E-state index contributed by atoms with van der Waals surface area (Å²) in [5.74, 6) is -0.170. The van der Waals surface area contributed by atoms with Crippen LogP contribution in [-0.4, -0.2) is 41.2 Å². The van der Waals surface area contributed by atoms with Gasteiger partial charge in [0.15, 0.2) is 0 Å². The molecule has 0 N–H and O–H groups in total. The Kier molecular flexibility index (Phi) is 6.61. The lowest BCUT2D eigenvalue weighted by Crippen LogP contribution is -2.31. The standard InChI is InChI=1S/C22H24FN3O3S/c1-4-29-21(28)17(9-24)16(8-19-26(13-27)11-14(2)12-30-19)15-7-18(23)20(25-10-15)22(3)5-6-22/h7-8,10,13-14H,4-6,11-12H2,1-3H3/b17-16+,19-8-. The molecule has 0 aromatic carbocycles. The Hall–Kier alpha value is -2.66. The minimum Gasteiger partial charge on any atom is -0.462 e. The van der Waals surface area contributed by atoms with E-state index in [1.807, 2.05) is 19.9 Å². The second kappa shape index (κ2) is 9.00. The quantitative estimate of drug-likeness (QED) is 0.296. The van der Waals surface area contributed by atoms with Gasteiger partial charge >= 0.3 is 5.97 Å². The number of amides is 1. The van der Waals surface area contributed by atoms with Crippen molar-refractivity contribution in [1.29, 1.82) is 5.26 Å². The van der Waals surface area contributed by atoms with Crippen molar-refractivity contribution in [3.8, 4) is 6.07 Å². The first-order valence-electron chi connectivity index (χ1n) is 9.87. The van der Waals surface area contributed by atoms with Crippen LogP contribution < -0.4 is 0 Å². The summed E-state index contributed by atoms with van der Waals surface area (Å²) in [6, 6.07) is 3.19. The Morgan fingerprint density at radius 1 is 1.53 bits per heavy atom. The highest BCUT2D eigenvalue weighted by molar-refractivity contribution is 8.03. The highest BCUT2D eigenvalue weighted by Gasteiger charge is 2.42. The Balaban J connectivity index is 2.12. The third-order valence-electron chi connectivity index (χ3n) is 5.29. The van der Waals surface area contributed by atoms with Crippen molar-refractivity contribution in [2.45, 2.75) is 39.0 Å². The van der Waals surface area contributed by atoms with Gasteiger partial charge in [0.25, 0.3) is 0 Å². The number of nitriles is 1. The molecule has 158 valence electrons. The van der Waals surface area contributed by atoms with Gasteiger partial charge in [-0.15, -0.1) is 11.8 Å². The number of halogens is 1. The summed E-state index contributed by atoms with van der Waals surface area (Å²) in [4.78, 5) is 29.8. The average molecular weight is 430 g/mol. The molecular formula is C22H24FN3O3S. The maximum atomic E-state index is 14.9. The van der Waals surface area contributed by atoms with Gasteiger partial charge in [0.2, 0.25) is 6.41 Å². The third kappa shape index (κ3) is 4.57. The maximum absolute atomic E-state index is 14.9. The van der Waals surface area contributed by atoms with Gasteiger partial charge in [-0.05, 0) is 37.8 Å². The number of aromatic nitrogens is 1. The molecule has 1 unspecified atom stereocenters. The first-order chi connectivity index (χ1) is 14.3. The number of hydrogen-bond donors (Lipinski definition) is 0. The largest absolute Gasteiger partial charge is 0.462 e. The van der Waals surface area contributed by atoms with Gasteiger partial charge in [0.1, 0.15) is 17.5 Å². The molecule has 2 heterocycles. The Bertz CT molecular complexity index is 963. The predicted molar refractivity (Wildman–Crippen MR) is 112 cm³/mol. The molecular weight excluding hydrogens is 405 g/mol. The number of pyridine rings is 1. The van der Waals surface area contributed by atoms with E-state index in [9.17, 15) is 19.2 Å². The van der Waals surface area contributed by atoms with E-state index in [1.54, 1.807) is 13.0 Å². The van der Waals surface area contributed by atoms with Crippen LogP contribution >= 0.6 is 11.8 Å². The van der Waals surface area contributed by atoms with Gasteiger partial charge in [0.05, 0.1) is 17.3 Å². The van der Waals surface area contributed by atoms with Gasteiger partial charge < -0.3 is 9.64 Å². The number of rotatable bonds is 6. The lowest BCUT2D eigenvalue weighted by molar-refractivity contribution is -0.137. The Morgan fingerprint density at radius 3 is 2.83 bits per heavy atom. The van der Waals surface area contributed by atoms with Gasteiger partial charge in [-0.1, -0.05) is 13.8 Å². The molecule has 2 fully saturated rings. The first-order valence-corrected chi connectivity index (χ1v) is 10.9. The van der Waals surface area contributed by atoms with Crippen molar-refractivity contribution in [3.05, 3.63) is 46.0 Å². The molecule has 1 aromatic heterocycles. The van der Waals surface area contributed by atoms with E-state index in [-0.39, 0.29) is 23.2 Å². The molecule has 3 rings (SSSR count). The van der Waals surface area contributed by atoms with E-state index >= 15 is 0 Å². The molecule has 0 spiro atoms. The second-order valence-corrected chi connectivity index (χ2v) is 8.93. The second-order valence-electron chi connectivity index (χ2n) is 7.89. The highest BCUT2D eigenvalue weighted by atomic mass is 32.2. The van der Waals surface area contributed by atoms with Crippen molar-refractivity contribution >= 4 is 29.7 Å². The molecule has 2 aliphatic rings. The fourth-order valence-corrected chi connectivity index (χ4v) is 4.35. The van der Waals surface area contributed by atoms with Gasteiger partial charge in [-0.25, -0.2) is 9.18 Å². The number of nitrogens with zero attached hydrogens (tertiary/aromatic N) is 3. The molecule has 0 radical (unpaired) electrons. The minimum absolute atomic E-state index is 0.102. The van der Waals surface area contributed by atoms with Crippen LogP contribution in [0, 0.1) is 23.1 Å². The van der Waals surface area contributed by atoms with Crippen molar-refractivity contribution in [3.63, 3.8) is 0 Å². The number of carbonyl (C=O) groups excluding carboxylic acids is 2. The van der Waals surface area contributed by atoms with E-state index in [4.69, 9.17) is 4.74 Å². The fourth-order valence-electron chi connectivity index (χ4n) is 3.30. The Labute approximate surface area is 179 Å². The van der Waals surface area contributed by atoms with Gasteiger partial charge in [0, 0.05) is 35.0 Å². The molecule has 1 aliphatic heterocycles. The van der Waals surface area contributed by atoms with Crippen LogP contribution in [0.25, 0.3) is 5.57 Å². The molecule has 1 saturated carbocycles. The summed E-state index contributed by atoms with van der Waals surface area (Å²) in [6.07, 6.45) is 5.52. The number of hydrogen-bond acceptors (Lipinski definition) is 6. The predicted octanol–water partition coefficient (Wildman–Crippen LogP) is 3.80. The molecule has 1 aromatic rings. The number of allylic oxidation sites excluding steroid dienone is 2. The zero-order valence-electron chi connectivity index (χ0n) is 17.3. The van der Waals surface area contributed by atoms with Gasteiger partial charge in [-0.2, -0.15) is 5.26 Å². The molecule has 1 aliphatic carbocycles. The van der Waals surface area contributed by atoms with Crippen molar-refractivity contribution < 1.29 is 18.7 Å². The lowest BCUT2D eigenvalue weighted by Gasteiger charge is -2.30. The van der Waals surface area contributed by atoms with Crippen LogP contribution in [0.4, 0.5) is 4.39 Å². The highest BCUT2D eigenvalue weighted by Crippen LogP contribution is 2.47. The van der Waals surface area contributed by atoms with Crippen LogP contribution in [-0.2, 0) is 19.7 Å². The molecule has 1 atom stereocenters. The maximum Gasteiger partial charge on any atom is 0.349 e. The van der Waals surface area contributed by atoms with E-state index in [1.165, 1.54) is 28.9 Å². The number of esters is 1. The van der Waals surface area contributed by atoms with E-state index in [0.717, 1.165) is 25.0 Å². The number of carbonyl (C=O) groups is 2. The fraction of sp³-hybridized carbons (Fsp3) is 0.455. The molecule has 1 saturated heterocycles. The van der Waals surface area contributed by atoms with E-state index < -0.39 is 11.8 Å². The van der Waals surface area contributed by atoms with E-state index in [0.29, 0.717) is 28.7 Å². The summed E-state index contributed by atoms with van der Waals surface area (Å²) in [5, 5.41) is 10.3. The average Bonchev–Trinajstić information content (AvgIpc) is 3.47. The summed E-state index contributed by atoms with van der Waals surface area (Å²) in [7, 11) is 0. The monoisotopic (exact) mass is 429 g/mol. The van der Waals surface area contributed by atoms with E-state index in [2.05, 4.69) is 4.98 Å².